The highest BCUT2D eigenvalue weighted by Crippen LogP contribution is 2.27. The van der Waals surface area contributed by atoms with Crippen molar-refractivity contribution in [3.63, 3.8) is 0 Å². The van der Waals surface area contributed by atoms with Crippen molar-refractivity contribution in [2.24, 2.45) is 12.8 Å². The maximum Gasteiger partial charge on any atom is 0.332 e. The lowest BCUT2D eigenvalue weighted by Gasteiger charge is -2.31. The average Bonchev–Trinajstić information content (AvgIpc) is 3.43. The van der Waals surface area contributed by atoms with E-state index in [4.69, 9.17) is 5.73 Å². The fourth-order valence-electron chi connectivity index (χ4n) is 4.98. The van der Waals surface area contributed by atoms with Gasteiger partial charge in [0, 0.05) is 37.4 Å². The number of amides is 1. The zero-order chi connectivity index (χ0) is 25.6. The zero-order valence-corrected chi connectivity index (χ0v) is 20.2. The summed E-state index contributed by atoms with van der Waals surface area (Å²) in [6.45, 7) is 2.76. The smallest absolute Gasteiger partial charge is 0.332 e. The van der Waals surface area contributed by atoms with Crippen LogP contribution in [0.1, 0.15) is 35.7 Å². The summed E-state index contributed by atoms with van der Waals surface area (Å²) in [4.78, 5) is 58.7. The van der Waals surface area contributed by atoms with Gasteiger partial charge in [-0.15, -0.1) is 5.92 Å². The molecule has 3 N–H and O–H groups in total. The van der Waals surface area contributed by atoms with E-state index in [-0.39, 0.29) is 36.1 Å². The van der Waals surface area contributed by atoms with Crippen molar-refractivity contribution in [1.29, 1.82) is 0 Å². The number of rotatable bonds is 5. The number of piperidine rings is 1. The highest BCUT2D eigenvalue weighted by Gasteiger charge is 2.28. The van der Waals surface area contributed by atoms with Crippen LogP contribution in [0.15, 0.2) is 27.8 Å². The first-order valence-corrected chi connectivity index (χ1v) is 11.8. The molecule has 3 aromatic rings. The minimum Gasteiger partial charge on any atom is -0.341 e. The average molecular weight is 490 g/mol. The molecule has 0 bridgehead atoms. The fraction of sp³-hybridized carbons (Fsp3) is 0.400. The predicted molar refractivity (Wildman–Crippen MR) is 135 cm³/mol. The van der Waals surface area contributed by atoms with Crippen molar-refractivity contribution in [2.75, 3.05) is 23.3 Å². The molecule has 4 heterocycles. The quantitative estimate of drug-likeness (QED) is 0.386. The Balaban J connectivity index is 1.63. The number of fused-ring (bicyclic) bond motifs is 2. The lowest BCUT2D eigenvalue weighted by Crippen LogP contribution is -2.44. The molecule has 5 rings (SSSR count). The van der Waals surface area contributed by atoms with Crippen LogP contribution in [-0.4, -0.2) is 49.5 Å². The molecule has 11 heteroatoms. The minimum absolute atomic E-state index is 0.0173. The molecule has 0 radical (unpaired) electrons. The van der Waals surface area contributed by atoms with Gasteiger partial charge in [0.25, 0.3) is 5.56 Å². The Hall–Kier alpha value is -4.17. The third-order valence-electron chi connectivity index (χ3n) is 6.76. The maximum absolute atomic E-state index is 13.7. The summed E-state index contributed by atoms with van der Waals surface area (Å²) >= 11 is 0. The molecule has 0 aliphatic carbocycles. The lowest BCUT2D eigenvalue weighted by molar-refractivity contribution is -0.115. The van der Waals surface area contributed by atoms with Gasteiger partial charge < -0.3 is 16.0 Å². The molecule has 1 amide bonds. The van der Waals surface area contributed by atoms with Crippen molar-refractivity contribution in [3.8, 4) is 11.8 Å². The van der Waals surface area contributed by atoms with Crippen LogP contribution in [0.5, 0.6) is 0 Å². The van der Waals surface area contributed by atoms with Gasteiger partial charge in [-0.25, -0.2) is 4.79 Å². The van der Waals surface area contributed by atoms with Gasteiger partial charge in [-0.05, 0) is 31.4 Å². The third kappa shape index (κ3) is 3.89. The van der Waals surface area contributed by atoms with Gasteiger partial charge in [0.1, 0.15) is 0 Å². The summed E-state index contributed by atoms with van der Waals surface area (Å²) in [6.07, 6.45) is 1.87. The number of nitrogens with one attached hydrogen (secondary N) is 1. The van der Waals surface area contributed by atoms with E-state index in [1.165, 1.54) is 11.6 Å². The van der Waals surface area contributed by atoms with Crippen LogP contribution in [0.4, 0.5) is 11.6 Å². The highest BCUT2D eigenvalue weighted by atomic mass is 16.2. The van der Waals surface area contributed by atoms with Crippen LogP contribution in [0.3, 0.4) is 0 Å². The molecule has 36 heavy (non-hydrogen) atoms. The topological polar surface area (TPSA) is 137 Å². The molecule has 1 unspecified atom stereocenters. The molecule has 1 aromatic carbocycles. The summed E-state index contributed by atoms with van der Waals surface area (Å²) in [5.41, 5.74) is 6.83. The molecule has 0 spiro atoms. The van der Waals surface area contributed by atoms with E-state index < -0.39 is 23.6 Å². The summed E-state index contributed by atoms with van der Waals surface area (Å²) in [5, 5.41) is 2.71. The van der Waals surface area contributed by atoms with Gasteiger partial charge in [-0.1, -0.05) is 18.1 Å². The number of anilines is 2. The van der Waals surface area contributed by atoms with E-state index in [1.54, 1.807) is 29.7 Å². The number of benzene rings is 1. The summed E-state index contributed by atoms with van der Waals surface area (Å²) in [6, 6.07) is 4.97. The monoisotopic (exact) mass is 489 g/mol. The molecule has 1 atom stereocenters. The second-order valence-electron chi connectivity index (χ2n) is 9.16. The molecular weight excluding hydrogens is 462 g/mol. The Morgan fingerprint density at radius 3 is 2.81 bits per heavy atom. The van der Waals surface area contributed by atoms with Crippen LogP contribution in [0.25, 0.3) is 11.2 Å². The third-order valence-corrected chi connectivity index (χ3v) is 6.76. The number of hydrogen-bond donors (Lipinski definition) is 2. The van der Waals surface area contributed by atoms with Crippen molar-refractivity contribution < 1.29 is 9.59 Å². The molecule has 11 nitrogen and oxygen atoms in total. The number of aryl methyl sites for hydroxylation is 1. The summed E-state index contributed by atoms with van der Waals surface area (Å²) in [7, 11) is 1.53. The van der Waals surface area contributed by atoms with E-state index in [0.717, 1.165) is 24.0 Å². The maximum atomic E-state index is 13.7. The first kappa shape index (κ1) is 23.6. The van der Waals surface area contributed by atoms with Gasteiger partial charge in [0.2, 0.25) is 11.9 Å². The van der Waals surface area contributed by atoms with Crippen molar-refractivity contribution in [3.05, 3.63) is 50.2 Å². The Morgan fingerprint density at radius 2 is 2.06 bits per heavy atom. The number of nitrogens with zero attached hydrogens (tertiary/aromatic N) is 5. The predicted octanol–water partition coefficient (Wildman–Crippen LogP) is 0.225. The first-order chi connectivity index (χ1) is 17.3. The van der Waals surface area contributed by atoms with E-state index >= 15 is 0 Å². The molecule has 1 saturated heterocycles. The summed E-state index contributed by atoms with van der Waals surface area (Å²) in [5.74, 6) is 5.73. The molecule has 2 aromatic heterocycles. The Morgan fingerprint density at radius 1 is 1.25 bits per heavy atom. The number of carbonyl (C=O) groups is 2. The van der Waals surface area contributed by atoms with Crippen LogP contribution in [-0.2, 0) is 31.4 Å². The first-order valence-electron chi connectivity index (χ1n) is 11.8. The summed E-state index contributed by atoms with van der Waals surface area (Å²) < 4.78 is 3.92. The van der Waals surface area contributed by atoms with E-state index in [2.05, 4.69) is 22.1 Å². The van der Waals surface area contributed by atoms with E-state index in [0.29, 0.717) is 29.3 Å². The lowest BCUT2D eigenvalue weighted by atomic mass is 10.0. The normalized spacial score (nSPS) is 17.0. The SMILES string of the molecule is CC#CCn1c(N2CCCC(N)C2)nc2c1c(=O)n(CC(=O)c1cccc3c1CC(=O)N3)c(=O)n2C. The van der Waals surface area contributed by atoms with Crippen LogP contribution >= 0.6 is 0 Å². The second-order valence-corrected chi connectivity index (χ2v) is 9.16. The number of nitrogens with two attached hydrogens (primary N) is 1. The van der Waals surface area contributed by atoms with Crippen molar-refractivity contribution >= 4 is 34.5 Å². The Labute approximate surface area is 206 Å². The number of hydrogen-bond acceptors (Lipinski definition) is 7. The van der Waals surface area contributed by atoms with Crippen molar-refractivity contribution in [1.82, 2.24) is 18.7 Å². The fourth-order valence-corrected chi connectivity index (χ4v) is 4.98. The van der Waals surface area contributed by atoms with Gasteiger partial charge in [0.15, 0.2) is 16.9 Å². The van der Waals surface area contributed by atoms with Crippen LogP contribution in [0, 0.1) is 11.8 Å². The van der Waals surface area contributed by atoms with Crippen LogP contribution in [0.2, 0.25) is 0 Å². The molecule has 2 aliphatic heterocycles. The molecule has 2 aliphatic rings. The van der Waals surface area contributed by atoms with Crippen LogP contribution < -0.4 is 27.2 Å². The second kappa shape index (κ2) is 9.13. The van der Waals surface area contributed by atoms with Crippen molar-refractivity contribution in [2.45, 2.75) is 45.3 Å². The number of aromatic nitrogens is 4. The molecule has 186 valence electrons. The number of ketones is 1. The van der Waals surface area contributed by atoms with Gasteiger partial charge in [0.05, 0.1) is 19.5 Å². The minimum atomic E-state index is -0.643. The Kier molecular flexibility index (Phi) is 5.97. The Bertz CT molecular complexity index is 1580. The van der Waals surface area contributed by atoms with Gasteiger partial charge in [-0.2, -0.15) is 4.98 Å². The van der Waals surface area contributed by atoms with E-state index in [1.807, 2.05) is 4.90 Å². The zero-order valence-electron chi connectivity index (χ0n) is 20.2. The molecular formula is C25H27N7O4. The molecule has 1 fully saturated rings. The number of Topliss-reactive ketones (excluding diaryl/α,β-unsaturated/α-hetero) is 1. The standard InChI is InChI=1S/C25H27N7O4/c1-3-4-11-31-21-22(28-24(31)30-10-6-7-15(26)13-30)29(2)25(36)32(23(21)35)14-19(33)16-8-5-9-18-17(16)12-20(34)27-18/h5,8-9,15H,6-7,10-14,26H2,1-2H3,(H,27,34). The molecule has 0 saturated carbocycles. The highest BCUT2D eigenvalue weighted by molar-refractivity contribution is 6.06. The van der Waals surface area contributed by atoms with Gasteiger partial charge >= 0.3 is 5.69 Å². The van der Waals surface area contributed by atoms with Gasteiger partial charge in [-0.3, -0.25) is 28.1 Å². The number of carbonyl (C=O) groups excluding carboxylic acids is 2. The van der Waals surface area contributed by atoms with E-state index in [9.17, 15) is 19.2 Å². The number of imidazole rings is 1. The largest absolute Gasteiger partial charge is 0.341 e.